The van der Waals surface area contributed by atoms with Crippen molar-refractivity contribution < 1.29 is 14.6 Å². The number of anilines is 1. The smallest absolute Gasteiger partial charge is 0.228 e. The molecule has 0 spiro atoms. The lowest BCUT2D eigenvalue weighted by molar-refractivity contribution is -0.123. The van der Waals surface area contributed by atoms with Gasteiger partial charge in [-0.1, -0.05) is 26.0 Å². The SMILES string of the molecule is C=C(C)C1CCC(C)(C)CC1C(=O)Nc1ccc(OC)cc1O. The molecule has 1 saturated carbocycles. The minimum atomic E-state index is -0.113. The molecule has 0 aliphatic heterocycles. The van der Waals surface area contributed by atoms with Crippen LogP contribution in [0.1, 0.15) is 40.0 Å². The van der Waals surface area contributed by atoms with E-state index >= 15 is 0 Å². The largest absolute Gasteiger partial charge is 0.506 e. The number of hydrogen-bond acceptors (Lipinski definition) is 3. The Kier molecular flexibility index (Phi) is 5.03. The molecule has 23 heavy (non-hydrogen) atoms. The number of allylic oxidation sites excluding steroid dienone is 1. The van der Waals surface area contributed by atoms with E-state index in [1.807, 2.05) is 6.92 Å². The molecular formula is C19H27NO3. The Bertz CT molecular complexity index is 607. The first-order valence-electron chi connectivity index (χ1n) is 8.07. The van der Waals surface area contributed by atoms with Gasteiger partial charge in [-0.05, 0) is 49.7 Å². The summed E-state index contributed by atoms with van der Waals surface area (Å²) < 4.78 is 5.06. The van der Waals surface area contributed by atoms with Crippen molar-refractivity contribution in [2.24, 2.45) is 17.3 Å². The van der Waals surface area contributed by atoms with Gasteiger partial charge in [0.1, 0.15) is 11.5 Å². The Labute approximate surface area is 138 Å². The van der Waals surface area contributed by atoms with Crippen LogP contribution in [0.5, 0.6) is 11.5 Å². The maximum Gasteiger partial charge on any atom is 0.228 e. The number of phenolic OH excluding ortho intramolecular Hbond substituents is 1. The van der Waals surface area contributed by atoms with Gasteiger partial charge in [-0.3, -0.25) is 4.79 Å². The van der Waals surface area contributed by atoms with E-state index in [1.165, 1.54) is 13.2 Å². The summed E-state index contributed by atoms with van der Waals surface area (Å²) in [7, 11) is 1.54. The Morgan fingerprint density at radius 2 is 2.09 bits per heavy atom. The number of benzene rings is 1. The first-order chi connectivity index (χ1) is 10.7. The average Bonchev–Trinajstić information content (AvgIpc) is 2.47. The van der Waals surface area contributed by atoms with Gasteiger partial charge in [0.25, 0.3) is 0 Å². The summed E-state index contributed by atoms with van der Waals surface area (Å²) in [6.07, 6.45) is 2.91. The molecule has 2 rings (SSSR count). The van der Waals surface area contributed by atoms with Gasteiger partial charge in [-0.15, -0.1) is 0 Å². The Hall–Kier alpha value is -1.97. The van der Waals surface area contributed by atoms with Crippen LogP contribution in [0.4, 0.5) is 5.69 Å². The van der Waals surface area contributed by atoms with Crippen LogP contribution in [0.15, 0.2) is 30.4 Å². The number of rotatable bonds is 4. The molecule has 1 amide bonds. The molecule has 1 aliphatic rings. The number of carbonyl (C=O) groups excluding carboxylic acids is 1. The predicted molar refractivity (Wildman–Crippen MR) is 92.7 cm³/mol. The van der Waals surface area contributed by atoms with Crippen LogP contribution in [0, 0.1) is 17.3 Å². The maximum atomic E-state index is 12.8. The summed E-state index contributed by atoms with van der Waals surface area (Å²) in [6, 6.07) is 4.88. The van der Waals surface area contributed by atoms with E-state index in [9.17, 15) is 9.90 Å². The highest BCUT2D eigenvalue weighted by atomic mass is 16.5. The first-order valence-corrected chi connectivity index (χ1v) is 8.07. The summed E-state index contributed by atoms with van der Waals surface area (Å²) in [6.45, 7) is 10.5. The van der Waals surface area contributed by atoms with E-state index in [1.54, 1.807) is 12.1 Å². The highest BCUT2D eigenvalue weighted by Gasteiger charge is 2.39. The summed E-state index contributed by atoms with van der Waals surface area (Å²) in [4.78, 5) is 12.8. The number of methoxy groups -OCH3 is 1. The Morgan fingerprint density at radius 1 is 1.39 bits per heavy atom. The molecule has 0 aromatic heterocycles. The quantitative estimate of drug-likeness (QED) is 0.641. The molecule has 2 atom stereocenters. The second-order valence-electron chi connectivity index (χ2n) is 7.34. The monoisotopic (exact) mass is 317 g/mol. The van der Waals surface area contributed by atoms with E-state index in [2.05, 4.69) is 25.7 Å². The number of carbonyl (C=O) groups is 1. The van der Waals surface area contributed by atoms with E-state index in [4.69, 9.17) is 4.74 Å². The number of hydrogen-bond donors (Lipinski definition) is 2. The molecule has 1 aliphatic carbocycles. The molecule has 4 heteroatoms. The molecule has 1 aromatic carbocycles. The molecule has 0 radical (unpaired) electrons. The third-order valence-corrected chi connectivity index (χ3v) is 4.82. The lowest BCUT2D eigenvalue weighted by atomic mass is 9.65. The standard InChI is InChI=1S/C19H27NO3/c1-12(2)14-8-9-19(3,4)11-15(14)18(22)20-16-7-6-13(23-5)10-17(16)21/h6-7,10,14-15,21H,1,8-9,11H2,2-5H3,(H,20,22). The average molecular weight is 317 g/mol. The summed E-state index contributed by atoms with van der Waals surface area (Å²) >= 11 is 0. The van der Waals surface area contributed by atoms with Crippen molar-refractivity contribution in [3.05, 3.63) is 30.4 Å². The van der Waals surface area contributed by atoms with Gasteiger partial charge in [0.05, 0.1) is 12.8 Å². The van der Waals surface area contributed by atoms with E-state index in [0.29, 0.717) is 11.4 Å². The van der Waals surface area contributed by atoms with Crippen LogP contribution in [-0.2, 0) is 4.79 Å². The fraction of sp³-hybridized carbons (Fsp3) is 0.526. The normalized spacial score (nSPS) is 23.1. The predicted octanol–water partition coefficient (Wildman–Crippen LogP) is 4.36. The Morgan fingerprint density at radius 3 is 2.65 bits per heavy atom. The molecule has 4 nitrogen and oxygen atoms in total. The van der Waals surface area contributed by atoms with Gasteiger partial charge < -0.3 is 15.2 Å². The van der Waals surface area contributed by atoms with Crippen LogP contribution in [0.25, 0.3) is 0 Å². The van der Waals surface area contributed by atoms with Gasteiger partial charge in [0, 0.05) is 12.0 Å². The summed E-state index contributed by atoms with van der Waals surface area (Å²) in [5, 5.41) is 12.9. The fourth-order valence-electron chi connectivity index (χ4n) is 3.42. The number of aromatic hydroxyl groups is 1. The van der Waals surface area contributed by atoms with Crippen molar-refractivity contribution in [3.63, 3.8) is 0 Å². The second kappa shape index (κ2) is 6.65. The zero-order valence-corrected chi connectivity index (χ0v) is 14.5. The van der Waals surface area contributed by atoms with Crippen LogP contribution >= 0.6 is 0 Å². The number of ether oxygens (including phenoxy) is 1. The molecule has 0 bridgehead atoms. The molecule has 0 saturated heterocycles. The minimum Gasteiger partial charge on any atom is -0.506 e. The number of phenols is 1. The van der Waals surface area contributed by atoms with Crippen molar-refractivity contribution in [2.45, 2.75) is 40.0 Å². The van der Waals surface area contributed by atoms with Crippen LogP contribution in [0.2, 0.25) is 0 Å². The minimum absolute atomic E-state index is 0.0136. The van der Waals surface area contributed by atoms with Gasteiger partial charge in [0.2, 0.25) is 5.91 Å². The van der Waals surface area contributed by atoms with Gasteiger partial charge >= 0.3 is 0 Å². The number of nitrogens with one attached hydrogen (secondary N) is 1. The van der Waals surface area contributed by atoms with Crippen molar-refractivity contribution in [1.29, 1.82) is 0 Å². The third kappa shape index (κ3) is 4.06. The van der Waals surface area contributed by atoms with Crippen LogP contribution in [-0.4, -0.2) is 18.1 Å². The second-order valence-corrected chi connectivity index (χ2v) is 7.34. The topological polar surface area (TPSA) is 58.6 Å². The van der Waals surface area contributed by atoms with E-state index in [-0.39, 0.29) is 28.9 Å². The molecule has 2 unspecified atom stereocenters. The van der Waals surface area contributed by atoms with E-state index < -0.39 is 0 Å². The maximum absolute atomic E-state index is 12.8. The molecule has 2 N–H and O–H groups in total. The lowest BCUT2D eigenvalue weighted by Crippen LogP contribution is -2.38. The molecular weight excluding hydrogens is 290 g/mol. The summed E-state index contributed by atoms with van der Waals surface area (Å²) in [5.74, 6) is 0.603. The van der Waals surface area contributed by atoms with Gasteiger partial charge in [-0.25, -0.2) is 0 Å². The molecule has 126 valence electrons. The van der Waals surface area contributed by atoms with Crippen molar-refractivity contribution in [2.75, 3.05) is 12.4 Å². The lowest BCUT2D eigenvalue weighted by Gasteiger charge is -2.40. The highest BCUT2D eigenvalue weighted by Crippen LogP contribution is 2.44. The van der Waals surface area contributed by atoms with Crippen LogP contribution < -0.4 is 10.1 Å². The third-order valence-electron chi connectivity index (χ3n) is 4.82. The van der Waals surface area contributed by atoms with E-state index in [0.717, 1.165) is 24.8 Å². The fourth-order valence-corrected chi connectivity index (χ4v) is 3.42. The molecule has 1 aromatic rings. The van der Waals surface area contributed by atoms with Gasteiger partial charge in [-0.2, -0.15) is 0 Å². The number of amides is 1. The van der Waals surface area contributed by atoms with Crippen molar-refractivity contribution >= 4 is 11.6 Å². The van der Waals surface area contributed by atoms with Crippen LogP contribution in [0.3, 0.4) is 0 Å². The van der Waals surface area contributed by atoms with Gasteiger partial charge in [0.15, 0.2) is 0 Å². The zero-order valence-electron chi connectivity index (χ0n) is 14.5. The molecule has 1 fully saturated rings. The molecule has 0 heterocycles. The Balaban J connectivity index is 2.18. The van der Waals surface area contributed by atoms with Crippen molar-refractivity contribution in [3.8, 4) is 11.5 Å². The zero-order chi connectivity index (χ0) is 17.2. The highest BCUT2D eigenvalue weighted by molar-refractivity contribution is 5.94. The summed E-state index contributed by atoms with van der Waals surface area (Å²) in [5.41, 5.74) is 1.62. The van der Waals surface area contributed by atoms with Crippen molar-refractivity contribution in [1.82, 2.24) is 0 Å². The first kappa shape index (κ1) is 17.4.